The Morgan fingerprint density at radius 1 is 1.19 bits per heavy atom. The fourth-order valence-electron chi connectivity index (χ4n) is 3.31. The van der Waals surface area contributed by atoms with Crippen molar-refractivity contribution < 1.29 is 4.79 Å². The molecule has 2 aliphatic rings. The van der Waals surface area contributed by atoms with Crippen LogP contribution in [0.2, 0.25) is 0 Å². The first-order valence-corrected chi connectivity index (χ1v) is 6.16. The normalized spacial score (nSPS) is 25.7. The molecular formula is C15H18O. The van der Waals surface area contributed by atoms with Crippen LogP contribution in [0.4, 0.5) is 0 Å². The van der Waals surface area contributed by atoms with Gasteiger partial charge in [-0.25, -0.2) is 0 Å². The van der Waals surface area contributed by atoms with Crippen LogP contribution in [0.25, 0.3) is 0 Å². The zero-order valence-corrected chi connectivity index (χ0v) is 10.3. The number of rotatable bonds is 0. The fourth-order valence-corrected chi connectivity index (χ4v) is 3.31. The number of hydrogen-bond acceptors (Lipinski definition) is 1. The zero-order valence-electron chi connectivity index (χ0n) is 10.3. The first-order valence-electron chi connectivity index (χ1n) is 6.16. The van der Waals surface area contributed by atoms with Gasteiger partial charge in [0, 0.05) is 11.5 Å². The quantitative estimate of drug-likeness (QED) is 0.648. The minimum Gasteiger partial charge on any atom is -0.294 e. The highest BCUT2D eigenvalue weighted by molar-refractivity contribution is 6.02. The molecule has 0 amide bonds. The average molecular weight is 214 g/mol. The minimum atomic E-state index is 0.199. The molecule has 0 radical (unpaired) electrons. The molecule has 1 heteroatoms. The van der Waals surface area contributed by atoms with E-state index in [2.05, 4.69) is 32.9 Å². The van der Waals surface area contributed by atoms with Crippen molar-refractivity contribution >= 4 is 5.78 Å². The molecule has 0 saturated heterocycles. The Morgan fingerprint density at radius 3 is 2.69 bits per heavy atom. The van der Waals surface area contributed by atoms with Crippen LogP contribution in [0.5, 0.6) is 0 Å². The maximum Gasteiger partial charge on any atom is 0.166 e. The first kappa shape index (κ1) is 10.1. The smallest absolute Gasteiger partial charge is 0.166 e. The lowest BCUT2D eigenvalue weighted by Gasteiger charge is -2.15. The number of Topliss-reactive ketones (excluding diaryl/α,β-unsaturated/α-hetero) is 1. The second-order valence-corrected chi connectivity index (χ2v) is 6.22. The van der Waals surface area contributed by atoms with Crippen LogP contribution in [0.1, 0.15) is 47.8 Å². The highest BCUT2D eigenvalue weighted by Crippen LogP contribution is 2.41. The Hall–Kier alpha value is -1.11. The van der Waals surface area contributed by atoms with Gasteiger partial charge >= 0.3 is 0 Å². The van der Waals surface area contributed by atoms with Crippen molar-refractivity contribution in [1.82, 2.24) is 0 Å². The van der Waals surface area contributed by atoms with Crippen molar-refractivity contribution in [3.8, 4) is 0 Å². The van der Waals surface area contributed by atoms with Gasteiger partial charge in [0.15, 0.2) is 5.78 Å². The number of carbonyl (C=O) groups excluding carboxylic acids is 1. The minimum absolute atomic E-state index is 0.199. The summed E-state index contributed by atoms with van der Waals surface area (Å²) in [6, 6.07) is 4.24. The monoisotopic (exact) mass is 214 g/mol. The third kappa shape index (κ3) is 1.27. The highest BCUT2D eigenvalue weighted by Gasteiger charge is 2.35. The van der Waals surface area contributed by atoms with Crippen molar-refractivity contribution in [3.05, 3.63) is 34.4 Å². The van der Waals surface area contributed by atoms with E-state index in [1.807, 2.05) is 0 Å². The summed E-state index contributed by atoms with van der Waals surface area (Å²) in [5.74, 6) is 0.549. The summed E-state index contributed by atoms with van der Waals surface area (Å²) in [5.41, 5.74) is 5.71. The van der Waals surface area contributed by atoms with Gasteiger partial charge in [-0.05, 0) is 41.4 Å². The van der Waals surface area contributed by atoms with Crippen molar-refractivity contribution in [2.45, 2.75) is 40.0 Å². The molecule has 1 atom stereocenters. The van der Waals surface area contributed by atoms with Crippen LogP contribution in [-0.2, 0) is 19.3 Å². The van der Waals surface area contributed by atoms with Crippen LogP contribution in [-0.4, -0.2) is 5.78 Å². The summed E-state index contributed by atoms with van der Waals surface area (Å²) >= 11 is 0. The molecule has 0 bridgehead atoms. The van der Waals surface area contributed by atoms with E-state index in [1.54, 1.807) is 0 Å². The largest absolute Gasteiger partial charge is 0.294 e. The molecule has 0 aliphatic heterocycles. The lowest BCUT2D eigenvalue weighted by Crippen LogP contribution is -2.10. The molecule has 0 fully saturated rings. The summed E-state index contributed by atoms with van der Waals surface area (Å²) in [6.45, 7) is 6.69. The first-order chi connectivity index (χ1) is 7.48. The molecule has 16 heavy (non-hydrogen) atoms. The summed E-state index contributed by atoms with van der Waals surface area (Å²) in [6.07, 6.45) is 3.27. The van der Waals surface area contributed by atoms with Crippen molar-refractivity contribution in [2.24, 2.45) is 11.3 Å². The molecule has 0 saturated carbocycles. The topological polar surface area (TPSA) is 17.1 Å². The second kappa shape index (κ2) is 2.97. The third-order valence-electron chi connectivity index (χ3n) is 4.08. The maximum atomic E-state index is 12.0. The molecule has 0 N–H and O–H groups in total. The number of fused-ring (bicyclic) bond motifs is 3. The predicted octanol–water partition coefficient (Wildman–Crippen LogP) is 3.19. The molecule has 1 unspecified atom stereocenters. The van der Waals surface area contributed by atoms with Crippen molar-refractivity contribution in [1.29, 1.82) is 0 Å². The van der Waals surface area contributed by atoms with Crippen LogP contribution >= 0.6 is 0 Å². The molecule has 1 aromatic rings. The fraction of sp³-hybridized carbons (Fsp3) is 0.533. The lowest BCUT2D eigenvalue weighted by molar-refractivity contribution is 0.0946. The maximum absolute atomic E-state index is 12.0. The van der Waals surface area contributed by atoms with E-state index in [-0.39, 0.29) is 5.92 Å². The van der Waals surface area contributed by atoms with E-state index in [0.717, 1.165) is 24.8 Å². The lowest BCUT2D eigenvalue weighted by atomic mass is 9.90. The number of ketones is 1. The summed E-state index contributed by atoms with van der Waals surface area (Å²) in [5, 5.41) is 0. The summed E-state index contributed by atoms with van der Waals surface area (Å²) < 4.78 is 0. The number of hydrogen-bond donors (Lipinski definition) is 0. The predicted molar refractivity (Wildman–Crippen MR) is 64.8 cm³/mol. The Kier molecular flexibility index (Phi) is 1.87. The van der Waals surface area contributed by atoms with Crippen molar-refractivity contribution in [3.63, 3.8) is 0 Å². The highest BCUT2D eigenvalue weighted by atomic mass is 16.1. The molecular weight excluding hydrogens is 196 g/mol. The molecule has 0 spiro atoms. The summed E-state index contributed by atoms with van der Waals surface area (Å²) in [7, 11) is 0. The third-order valence-corrected chi connectivity index (χ3v) is 4.08. The summed E-state index contributed by atoms with van der Waals surface area (Å²) in [4.78, 5) is 12.0. The molecule has 2 aliphatic carbocycles. The second-order valence-electron chi connectivity index (χ2n) is 6.22. The van der Waals surface area contributed by atoms with E-state index in [4.69, 9.17) is 0 Å². The van der Waals surface area contributed by atoms with Crippen LogP contribution < -0.4 is 0 Å². The van der Waals surface area contributed by atoms with E-state index < -0.39 is 0 Å². The molecule has 0 heterocycles. The SMILES string of the molecule is CC1Cc2c(ccc3c2CC(C)(C)C3)C1=O. The molecule has 1 aromatic carbocycles. The Morgan fingerprint density at radius 2 is 1.94 bits per heavy atom. The number of carbonyl (C=O) groups is 1. The van der Waals surface area contributed by atoms with Gasteiger partial charge in [-0.1, -0.05) is 32.9 Å². The van der Waals surface area contributed by atoms with Gasteiger partial charge in [0.1, 0.15) is 0 Å². The molecule has 0 aromatic heterocycles. The van der Waals surface area contributed by atoms with Gasteiger partial charge in [-0.3, -0.25) is 4.79 Å². The van der Waals surface area contributed by atoms with E-state index in [1.165, 1.54) is 16.7 Å². The van der Waals surface area contributed by atoms with Crippen LogP contribution in [0, 0.1) is 11.3 Å². The molecule has 3 rings (SSSR count). The Balaban J connectivity index is 2.15. The molecule has 84 valence electrons. The van der Waals surface area contributed by atoms with Gasteiger partial charge in [0.05, 0.1) is 0 Å². The van der Waals surface area contributed by atoms with Crippen LogP contribution in [0.15, 0.2) is 12.1 Å². The molecule has 1 nitrogen and oxygen atoms in total. The number of benzene rings is 1. The Bertz CT molecular complexity index is 482. The Labute approximate surface area is 96.9 Å². The van der Waals surface area contributed by atoms with Gasteiger partial charge < -0.3 is 0 Å². The van der Waals surface area contributed by atoms with Gasteiger partial charge in [-0.15, -0.1) is 0 Å². The van der Waals surface area contributed by atoms with Gasteiger partial charge in [0.25, 0.3) is 0 Å². The van der Waals surface area contributed by atoms with E-state index in [0.29, 0.717) is 11.2 Å². The zero-order chi connectivity index (χ0) is 11.5. The van der Waals surface area contributed by atoms with E-state index in [9.17, 15) is 4.79 Å². The van der Waals surface area contributed by atoms with E-state index >= 15 is 0 Å². The standard InChI is InChI=1S/C15H18O/c1-9-6-12-11(14(9)16)5-4-10-7-15(2,3)8-13(10)12/h4-5,9H,6-8H2,1-3H3. The van der Waals surface area contributed by atoms with Crippen LogP contribution in [0.3, 0.4) is 0 Å². The average Bonchev–Trinajstić information content (AvgIpc) is 2.65. The van der Waals surface area contributed by atoms with Gasteiger partial charge in [-0.2, -0.15) is 0 Å². The van der Waals surface area contributed by atoms with Crippen molar-refractivity contribution in [2.75, 3.05) is 0 Å². The van der Waals surface area contributed by atoms with Gasteiger partial charge in [0.2, 0.25) is 0 Å².